The first-order valence-electron chi connectivity index (χ1n) is 14.8. The maximum absolute atomic E-state index is 15.5. The lowest BCUT2D eigenvalue weighted by Gasteiger charge is -2.22. The van der Waals surface area contributed by atoms with Crippen molar-refractivity contribution in [3.8, 4) is 16.9 Å². The van der Waals surface area contributed by atoms with Crippen LogP contribution >= 0.6 is 0 Å². The van der Waals surface area contributed by atoms with E-state index in [-0.39, 0.29) is 46.9 Å². The number of carbonyl (C=O) groups is 2. The first-order valence-corrected chi connectivity index (χ1v) is 14.8. The molecule has 1 N–H and O–H groups in total. The molecule has 0 saturated heterocycles. The number of benzene rings is 1. The van der Waals surface area contributed by atoms with Crippen LogP contribution in [0.2, 0.25) is 0 Å². The van der Waals surface area contributed by atoms with E-state index in [4.69, 9.17) is 4.74 Å². The summed E-state index contributed by atoms with van der Waals surface area (Å²) in [5.41, 5.74) is 1.61. The van der Waals surface area contributed by atoms with E-state index in [1.807, 2.05) is 20.8 Å². The number of hydrogen-bond donors (Lipinski definition) is 1. The number of esters is 1. The summed E-state index contributed by atoms with van der Waals surface area (Å²) in [6.07, 6.45) is 4.46. The van der Waals surface area contributed by atoms with Gasteiger partial charge in [0.2, 0.25) is 5.91 Å². The molecule has 0 fully saturated rings. The van der Waals surface area contributed by atoms with Crippen molar-refractivity contribution in [2.24, 2.45) is 7.05 Å². The standard InChI is InChI=1S/C33H33FN8O5/c1-18(43)47-17-24-23(7-8-35-30(24)42-32(46)29-19(13-36-42)9-21(11-25(29)34)33(2,3)4)20-10-26(31(45)40(6)14-20)37-27-12-22-15-39(5)28(44)16-41(22)38-27/h7-14H,15-17H2,1-6H3,(H,37,38). The fourth-order valence-electron chi connectivity index (χ4n) is 5.52. The smallest absolute Gasteiger partial charge is 0.302 e. The molecule has 0 unspecified atom stereocenters. The van der Waals surface area contributed by atoms with Gasteiger partial charge in [0.15, 0.2) is 11.6 Å². The third kappa shape index (κ3) is 5.89. The Morgan fingerprint density at radius 1 is 1.06 bits per heavy atom. The highest BCUT2D eigenvalue weighted by molar-refractivity contribution is 5.83. The van der Waals surface area contributed by atoms with Crippen molar-refractivity contribution >= 4 is 34.2 Å². The van der Waals surface area contributed by atoms with Gasteiger partial charge in [0.05, 0.1) is 23.8 Å². The first-order chi connectivity index (χ1) is 22.2. The van der Waals surface area contributed by atoms with Crippen molar-refractivity contribution in [3.63, 3.8) is 0 Å². The van der Waals surface area contributed by atoms with Crippen LogP contribution in [0.15, 0.2) is 58.5 Å². The zero-order chi connectivity index (χ0) is 33.8. The Kier molecular flexibility index (Phi) is 7.74. The maximum Gasteiger partial charge on any atom is 0.302 e. The summed E-state index contributed by atoms with van der Waals surface area (Å²) >= 11 is 0. The SMILES string of the molecule is CC(=O)OCc1c(-c2cc(Nc3cc4n(n3)CC(=O)N(C)C4)c(=O)n(C)c2)ccnc1-n1ncc2cc(C(C)(C)C)cc(F)c2c1=O. The zero-order valence-corrected chi connectivity index (χ0v) is 26.8. The summed E-state index contributed by atoms with van der Waals surface area (Å²) in [5, 5.41) is 12.1. The molecule has 0 spiro atoms. The van der Waals surface area contributed by atoms with Gasteiger partial charge in [0, 0.05) is 56.0 Å². The van der Waals surface area contributed by atoms with Gasteiger partial charge in [0.25, 0.3) is 11.1 Å². The molecule has 6 rings (SSSR count). The Labute approximate surface area is 268 Å². The Bertz CT molecular complexity index is 2210. The van der Waals surface area contributed by atoms with Crippen LogP contribution in [-0.2, 0) is 46.5 Å². The molecular formula is C33H33FN8O5. The largest absolute Gasteiger partial charge is 0.461 e. The monoisotopic (exact) mass is 640 g/mol. The van der Waals surface area contributed by atoms with Gasteiger partial charge < -0.3 is 19.5 Å². The number of nitrogens with one attached hydrogen (secondary N) is 1. The minimum absolute atomic E-state index is 0.0360. The van der Waals surface area contributed by atoms with Crippen LogP contribution < -0.4 is 16.4 Å². The molecule has 1 aliphatic rings. The average molecular weight is 641 g/mol. The van der Waals surface area contributed by atoms with Gasteiger partial charge in [-0.1, -0.05) is 20.8 Å². The van der Waals surface area contributed by atoms with E-state index < -0.39 is 17.3 Å². The molecule has 242 valence electrons. The van der Waals surface area contributed by atoms with Crippen molar-refractivity contribution < 1.29 is 18.7 Å². The number of pyridine rings is 2. The number of hydrogen-bond acceptors (Lipinski definition) is 9. The van der Waals surface area contributed by atoms with Gasteiger partial charge in [-0.25, -0.2) is 9.37 Å². The Morgan fingerprint density at radius 3 is 2.55 bits per heavy atom. The summed E-state index contributed by atoms with van der Waals surface area (Å²) in [6.45, 7) is 7.28. The lowest BCUT2D eigenvalue weighted by Crippen LogP contribution is -2.36. The van der Waals surface area contributed by atoms with Crippen molar-refractivity contribution in [1.29, 1.82) is 0 Å². The van der Waals surface area contributed by atoms with Gasteiger partial charge in [-0.3, -0.25) is 23.9 Å². The van der Waals surface area contributed by atoms with Crippen LogP contribution in [0, 0.1) is 5.82 Å². The summed E-state index contributed by atoms with van der Waals surface area (Å²) < 4.78 is 24.8. The van der Waals surface area contributed by atoms with Crippen molar-refractivity contribution in [2.75, 3.05) is 12.4 Å². The average Bonchev–Trinajstić information content (AvgIpc) is 3.38. The second-order valence-corrected chi connectivity index (χ2v) is 12.6. The molecule has 1 aromatic carbocycles. The van der Waals surface area contributed by atoms with E-state index in [1.165, 1.54) is 30.0 Å². The molecule has 4 aromatic heterocycles. The molecule has 5 aromatic rings. The van der Waals surface area contributed by atoms with Gasteiger partial charge in [-0.05, 0) is 40.8 Å². The second kappa shape index (κ2) is 11.6. The topological polar surface area (TPSA) is 146 Å². The van der Waals surface area contributed by atoms with Crippen molar-refractivity contribution in [2.45, 2.75) is 52.8 Å². The molecule has 1 aliphatic heterocycles. The fraction of sp³-hybridized carbons (Fsp3) is 0.303. The van der Waals surface area contributed by atoms with Gasteiger partial charge >= 0.3 is 5.97 Å². The Balaban J connectivity index is 1.47. The number of rotatable bonds is 6. The molecule has 14 heteroatoms. The summed E-state index contributed by atoms with van der Waals surface area (Å²) in [4.78, 5) is 57.0. The molecule has 13 nitrogen and oxygen atoms in total. The zero-order valence-electron chi connectivity index (χ0n) is 26.8. The predicted molar refractivity (Wildman–Crippen MR) is 172 cm³/mol. The van der Waals surface area contributed by atoms with Crippen molar-refractivity contribution in [3.05, 3.63) is 92.3 Å². The Morgan fingerprint density at radius 2 is 1.83 bits per heavy atom. The highest BCUT2D eigenvalue weighted by Gasteiger charge is 2.24. The van der Waals surface area contributed by atoms with E-state index in [9.17, 15) is 19.2 Å². The number of halogens is 1. The van der Waals surface area contributed by atoms with Crippen LogP contribution in [0.1, 0.15) is 44.5 Å². The van der Waals surface area contributed by atoms with Gasteiger partial charge in [-0.15, -0.1) is 0 Å². The van der Waals surface area contributed by atoms with E-state index >= 15 is 4.39 Å². The first kappa shape index (κ1) is 31.3. The number of nitrogens with zero attached hydrogens (tertiary/aromatic N) is 7. The number of aryl methyl sites for hydroxylation is 1. The Hall–Kier alpha value is -5.66. The molecule has 47 heavy (non-hydrogen) atoms. The third-order valence-corrected chi connectivity index (χ3v) is 8.09. The number of likely N-dealkylation sites (N-methyl/N-ethyl adjacent to an activating group) is 1. The second-order valence-electron chi connectivity index (χ2n) is 12.6. The lowest BCUT2D eigenvalue weighted by molar-refractivity contribution is -0.142. The predicted octanol–water partition coefficient (Wildman–Crippen LogP) is 3.56. The number of ether oxygens (including phenoxy) is 1. The van der Waals surface area contributed by atoms with Crippen LogP contribution in [0.5, 0.6) is 0 Å². The molecule has 0 bridgehead atoms. The van der Waals surface area contributed by atoms with E-state index in [2.05, 4.69) is 20.5 Å². The summed E-state index contributed by atoms with van der Waals surface area (Å²) in [7, 11) is 3.29. The maximum atomic E-state index is 15.5. The summed E-state index contributed by atoms with van der Waals surface area (Å²) in [6, 6.07) is 8.13. The normalized spacial score (nSPS) is 13.2. The van der Waals surface area contributed by atoms with Crippen LogP contribution in [0.3, 0.4) is 0 Å². The molecular weight excluding hydrogens is 607 g/mol. The van der Waals surface area contributed by atoms with E-state index in [0.717, 1.165) is 10.4 Å². The van der Waals surface area contributed by atoms with Crippen LogP contribution in [-0.4, -0.2) is 52.9 Å². The lowest BCUT2D eigenvalue weighted by atomic mass is 9.86. The number of anilines is 2. The molecule has 5 heterocycles. The molecule has 0 radical (unpaired) electrons. The minimum atomic E-state index is -0.732. The quantitative estimate of drug-likeness (QED) is 0.275. The highest BCUT2D eigenvalue weighted by atomic mass is 19.1. The van der Waals surface area contributed by atoms with Gasteiger partial charge in [-0.2, -0.15) is 14.9 Å². The van der Waals surface area contributed by atoms with Crippen LogP contribution in [0.25, 0.3) is 27.7 Å². The molecule has 1 amide bonds. The van der Waals surface area contributed by atoms with Crippen LogP contribution in [0.4, 0.5) is 15.9 Å². The minimum Gasteiger partial charge on any atom is -0.461 e. The molecule has 0 aliphatic carbocycles. The molecule has 0 atom stereocenters. The highest BCUT2D eigenvalue weighted by Crippen LogP contribution is 2.31. The number of fused-ring (bicyclic) bond motifs is 2. The molecule has 0 saturated carbocycles. The number of aromatic nitrogens is 6. The summed E-state index contributed by atoms with van der Waals surface area (Å²) in [5.74, 6) is -0.903. The number of amides is 1. The van der Waals surface area contributed by atoms with E-state index in [0.29, 0.717) is 40.0 Å². The third-order valence-electron chi connectivity index (χ3n) is 8.09. The van der Waals surface area contributed by atoms with Crippen molar-refractivity contribution in [1.82, 2.24) is 34.0 Å². The number of carbonyl (C=O) groups excluding carboxylic acids is 2. The van der Waals surface area contributed by atoms with Gasteiger partial charge in [0.1, 0.15) is 24.7 Å². The fourth-order valence-corrected chi connectivity index (χ4v) is 5.52. The van der Waals surface area contributed by atoms with E-state index in [1.54, 1.807) is 54.1 Å².